The minimum absolute atomic E-state index is 0.0210. The number of methoxy groups -OCH3 is 1. The Labute approximate surface area is 167 Å². The normalized spacial score (nSPS) is 20.6. The number of carbonyl (C=O) groups is 2. The van der Waals surface area contributed by atoms with Gasteiger partial charge in [0.05, 0.1) is 20.3 Å². The fourth-order valence-corrected chi connectivity index (χ4v) is 3.76. The zero-order chi connectivity index (χ0) is 20.5. The van der Waals surface area contributed by atoms with Crippen molar-refractivity contribution in [3.63, 3.8) is 0 Å². The van der Waals surface area contributed by atoms with Crippen molar-refractivity contribution in [3.05, 3.63) is 63.6 Å². The van der Waals surface area contributed by atoms with E-state index >= 15 is 0 Å². The Morgan fingerprint density at radius 2 is 2.00 bits per heavy atom. The Morgan fingerprint density at radius 3 is 2.72 bits per heavy atom. The molecule has 3 heterocycles. The Morgan fingerprint density at radius 1 is 1.24 bits per heavy atom. The van der Waals surface area contributed by atoms with Crippen molar-refractivity contribution in [3.8, 4) is 5.75 Å². The highest BCUT2D eigenvalue weighted by Gasteiger charge is 2.41. The lowest BCUT2D eigenvalue weighted by molar-refractivity contribution is -0.112. The SMILES string of the molecule is COC(=O)c1cn2c(c(OCc3ccccc3)c1=O)C(=O)N1C(C2)OCC[C@H]1C. The summed E-state index contributed by atoms with van der Waals surface area (Å²) in [5, 5.41) is 0. The topological polar surface area (TPSA) is 87.1 Å². The molecular weight excluding hydrogens is 376 g/mol. The van der Waals surface area contributed by atoms with Crippen molar-refractivity contribution in [2.45, 2.75) is 38.8 Å². The lowest BCUT2D eigenvalue weighted by Gasteiger charge is -2.44. The molecule has 1 aromatic carbocycles. The van der Waals surface area contributed by atoms with Crippen LogP contribution in [-0.2, 0) is 22.6 Å². The standard InChI is InChI=1S/C21H22N2O6/c1-13-8-9-28-16-11-22-10-15(21(26)27-2)18(24)19(17(22)20(25)23(13)16)29-12-14-6-4-3-5-7-14/h3-7,10,13,16H,8-9,11-12H2,1-2H3/t13-,16?/m1/s1. The fraction of sp³-hybridized carbons (Fsp3) is 0.381. The lowest BCUT2D eigenvalue weighted by Crippen LogP contribution is -2.57. The molecule has 1 aromatic heterocycles. The van der Waals surface area contributed by atoms with E-state index in [1.807, 2.05) is 37.3 Å². The molecule has 0 saturated carbocycles. The molecule has 152 valence electrons. The summed E-state index contributed by atoms with van der Waals surface area (Å²) in [6.45, 7) is 2.90. The number of rotatable bonds is 4. The molecule has 2 aliphatic heterocycles. The van der Waals surface area contributed by atoms with Crippen molar-refractivity contribution in [1.82, 2.24) is 9.47 Å². The predicted octanol–water partition coefficient (Wildman–Crippen LogP) is 1.80. The Balaban J connectivity index is 1.81. The van der Waals surface area contributed by atoms with Gasteiger partial charge in [0.1, 0.15) is 12.2 Å². The average molecular weight is 398 g/mol. The van der Waals surface area contributed by atoms with Gasteiger partial charge in [-0.1, -0.05) is 30.3 Å². The maximum absolute atomic E-state index is 13.3. The van der Waals surface area contributed by atoms with Crippen LogP contribution in [0.4, 0.5) is 0 Å². The van der Waals surface area contributed by atoms with E-state index in [0.29, 0.717) is 19.6 Å². The van der Waals surface area contributed by atoms with Gasteiger partial charge in [0, 0.05) is 12.2 Å². The van der Waals surface area contributed by atoms with Crippen LogP contribution in [0.25, 0.3) is 0 Å². The molecule has 0 bridgehead atoms. The van der Waals surface area contributed by atoms with Crippen LogP contribution in [0.2, 0.25) is 0 Å². The minimum atomic E-state index is -0.775. The Hall–Kier alpha value is -3.13. The van der Waals surface area contributed by atoms with E-state index in [-0.39, 0.29) is 35.6 Å². The number of hydrogen-bond acceptors (Lipinski definition) is 6. The maximum atomic E-state index is 13.3. The third-order valence-corrected chi connectivity index (χ3v) is 5.29. The first-order chi connectivity index (χ1) is 14.0. The van der Waals surface area contributed by atoms with Gasteiger partial charge in [-0.15, -0.1) is 0 Å². The molecule has 4 rings (SSSR count). The number of pyridine rings is 1. The number of amides is 1. The highest BCUT2D eigenvalue weighted by molar-refractivity contribution is 5.98. The molecule has 8 nitrogen and oxygen atoms in total. The molecule has 29 heavy (non-hydrogen) atoms. The van der Waals surface area contributed by atoms with Crippen LogP contribution < -0.4 is 10.2 Å². The van der Waals surface area contributed by atoms with Crippen LogP contribution in [0.3, 0.4) is 0 Å². The van der Waals surface area contributed by atoms with E-state index < -0.39 is 17.6 Å². The molecule has 0 aliphatic carbocycles. The summed E-state index contributed by atoms with van der Waals surface area (Å²) < 4.78 is 17.9. The maximum Gasteiger partial charge on any atom is 0.343 e. The summed E-state index contributed by atoms with van der Waals surface area (Å²) in [6, 6.07) is 9.27. The highest BCUT2D eigenvalue weighted by atomic mass is 16.5. The third-order valence-electron chi connectivity index (χ3n) is 5.29. The Bertz CT molecular complexity index is 1000. The van der Waals surface area contributed by atoms with Crippen molar-refractivity contribution in [2.75, 3.05) is 13.7 Å². The number of hydrogen-bond donors (Lipinski definition) is 0. The molecule has 1 unspecified atom stereocenters. The number of aromatic nitrogens is 1. The van der Waals surface area contributed by atoms with Gasteiger partial charge in [-0.25, -0.2) is 4.79 Å². The van der Waals surface area contributed by atoms with E-state index in [0.717, 1.165) is 5.56 Å². The Kier molecular flexibility index (Phi) is 5.10. The molecule has 0 N–H and O–H groups in total. The summed E-state index contributed by atoms with van der Waals surface area (Å²) in [7, 11) is 1.20. The van der Waals surface area contributed by atoms with Crippen LogP contribution in [0.15, 0.2) is 41.3 Å². The third kappa shape index (κ3) is 3.40. The van der Waals surface area contributed by atoms with Crippen molar-refractivity contribution in [2.24, 2.45) is 0 Å². The van der Waals surface area contributed by atoms with E-state index in [9.17, 15) is 14.4 Å². The molecular formula is C21H22N2O6. The zero-order valence-electron chi connectivity index (χ0n) is 16.3. The van der Waals surface area contributed by atoms with E-state index in [2.05, 4.69) is 0 Å². The van der Waals surface area contributed by atoms with E-state index in [1.54, 1.807) is 9.47 Å². The second-order valence-electron chi connectivity index (χ2n) is 7.14. The molecule has 1 amide bonds. The monoisotopic (exact) mass is 398 g/mol. The smallest absolute Gasteiger partial charge is 0.343 e. The largest absolute Gasteiger partial charge is 0.483 e. The molecule has 0 radical (unpaired) electrons. The van der Waals surface area contributed by atoms with Crippen LogP contribution >= 0.6 is 0 Å². The zero-order valence-corrected chi connectivity index (χ0v) is 16.3. The first kappa shape index (κ1) is 19.2. The summed E-state index contributed by atoms with van der Waals surface area (Å²) in [5.74, 6) is -1.26. The highest BCUT2D eigenvalue weighted by Crippen LogP contribution is 2.30. The fourth-order valence-electron chi connectivity index (χ4n) is 3.76. The molecule has 1 saturated heterocycles. The van der Waals surface area contributed by atoms with Crippen LogP contribution in [0, 0.1) is 0 Å². The van der Waals surface area contributed by atoms with Gasteiger partial charge >= 0.3 is 5.97 Å². The van der Waals surface area contributed by atoms with Gasteiger partial charge in [0.15, 0.2) is 17.7 Å². The molecule has 1 fully saturated rings. The van der Waals surface area contributed by atoms with Crippen molar-refractivity contribution < 1.29 is 23.8 Å². The van der Waals surface area contributed by atoms with Gasteiger partial charge in [0.2, 0.25) is 5.43 Å². The number of benzene rings is 1. The molecule has 8 heteroatoms. The molecule has 2 aliphatic rings. The number of nitrogens with zero attached hydrogens (tertiary/aromatic N) is 2. The van der Waals surface area contributed by atoms with Crippen LogP contribution in [0.5, 0.6) is 5.75 Å². The van der Waals surface area contributed by atoms with Gasteiger partial charge in [-0.2, -0.15) is 0 Å². The average Bonchev–Trinajstić information content (AvgIpc) is 2.73. The second kappa shape index (κ2) is 7.71. The van der Waals surface area contributed by atoms with E-state index in [4.69, 9.17) is 14.2 Å². The second-order valence-corrected chi connectivity index (χ2v) is 7.14. The summed E-state index contributed by atoms with van der Waals surface area (Å²) in [6.07, 6.45) is 1.62. The number of esters is 1. The predicted molar refractivity (Wildman–Crippen MR) is 103 cm³/mol. The van der Waals surface area contributed by atoms with Gasteiger partial charge in [-0.05, 0) is 18.9 Å². The van der Waals surface area contributed by atoms with Crippen molar-refractivity contribution in [1.29, 1.82) is 0 Å². The summed E-state index contributed by atoms with van der Waals surface area (Å²) >= 11 is 0. The molecule has 2 aromatic rings. The van der Waals surface area contributed by atoms with Gasteiger partial charge < -0.3 is 23.7 Å². The minimum Gasteiger partial charge on any atom is -0.483 e. The van der Waals surface area contributed by atoms with Crippen LogP contribution in [-0.4, -0.2) is 47.3 Å². The quantitative estimate of drug-likeness (QED) is 0.730. The first-order valence-corrected chi connectivity index (χ1v) is 9.48. The summed E-state index contributed by atoms with van der Waals surface area (Å²) in [5.41, 5.74) is 0.137. The molecule has 0 spiro atoms. The lowest BCUT2D eigenvalue weighted by atomic mass is 10.1. The van der Waals surface area contributed by atoms with E-state index in [1.165, 1.54) is 13.3 Å². The van der Waals surface area contributed by atoms with Crippen molar-refractivity contribution >= 4 is 11.9 Å². The van der Waals surface area contributed by atoms with Gasteiger partial charge in [0.25, 0.3) is 5.91 Å². The summed E-state index contributed by atoms with van der Waals surface area (Å²) in [4.78, 5) is 40.1. The number of carbonyl (C=O) groups excluding carboxylic acids is 2. The number of ether oxygens (including phenoxy) is 3. The van der Waals surface area contributed by atoms with Crippen LogP contribution in [0.1, 0.15) is 39.8 Å². The van der Waals surface area contributed by atoms with Gasteiger partial charge in [-0.3, -0.25) is 9.59 Å². The number of fused-ring (bicyclic) bond motifs is 2. The molecule has 2 atom stereocenters. The first-order valence-electron chi connectivity index (χ1n) is 9.48.